The summed E-state index contributed by atoms with van der Waals surface area (Å²) in [7, 11) is 0. The number of nitrogens with one attached hydrogen (secondary N) is 1. The van der Waals surface area contributed by atoms with Crippen LogP contribution in [0.25, 0.3) is 11.1 Å². The zero-order valence-corrected chi connectivity index (χ0v) is 20.3. The standard InChI is InChI=1S/C26H27ClN4O4/c1-3-35-25(34)16(2)13-20(29-24(33)22-15-21(23(28)32)30-26(27)31-22)14-17-9-11-19(12-10-17)18-7-5-4-6-8-18/h4-12,15-16,20H,3,13-14H2,1-2H3,(H2,28,32)(H,29,33). The minimum absolute atomic E-state index is 0.0907. The molecule has 8 nitrogen and oxygen atoms in total. The van der Waals surface area contributed by atoms with E-state index >= 15 is 0 Å². The van der Waals surface area contributed by atoms with E-state index in [-0.39, 0.29) is 29.2 Å². The quantitative estimate of drug-likeness (QED) is 0.326. The van der Waals surface area contributed by atoms with E-state index in [1.54, 1.807) is 13.8 Å². The number of hydrogen-bond acceptors (Lipinski definition) is 6. The van der Waals surface area contributed by atoms with Gasteiger partial charge >= 0.3 is 5.97 Å². The number of rotatable bonds is 10. The first kappa shape index (κ1) is 25.8. The first-order valence-corrected chi connectivity index (χ1v) is 11.6. The maximum Gasteiger partial charge on any atom is 0.308 e. The van der Waals surface area contributed by atoms with Crippen LogP contribution in [0.5, 0.6) is 0 Å². The van der Waals surface area contributed by atoms with Crippen molar-refractivity contribution in [2.75, 3.05) is 6.61 Å². The fraction of sp³-hybridized carbons (Fsp3) is 0.269. The second-order valence-electron chi connectivity index (χ2n) is 8.10. The van der Waals surface area contributed by atoms with E-state index in [9.17, 15) is 14.4 Å². The van der Waals surface area contributed by atoms with Gasteiger partial charge in [-0.1, -0.05) is 61.5 Å². The third kappa shape index (κ3) is 7.35. The highest BCUT2D eigenvalue weighted by Crippen LogP contribution is 2.21. The Morgan fingerprint density at radius 1 is 1.00 bits per heavy atom. The van der Waals surface area contributed by atoms with E-state index in [0.29, 0.717) is 12.8 Å². The van der Waals surface area contributed by atoms with Crippen LogP contribution in [0, 0.1) is 5.92 Å². The van der Waals surface area contributed by atoms with Crippen molar-refractivity contribution in [2.24, 2.45) is 11.7 Å². The van der Waals surface area contributed by atoms with Crippen LogP contribution >= 0.6 is 11.6 Å². The Balaban J connectivity index is 1.80. The summed E-state index contributed by atoms with van der Waals surface area (Å²) in [4.78, 5) is 44.3. The van der Waals surface area contributed by atoms with Crippen molar-refractivity contribution in [3.05, 3.63) is 82.9 Å². The Labute approximate surface area is 208 Å². The van der Waals surface area contributed by atoms with Crippen molar-refractivity contribution in [2.45, 2.75) is 32.7 Å². The predicted octanol–water partition coefficient (Wildman–Crippen LogP) is 3.83. The molecule has 9 heteroatoms. The molecule has 0 radical (unpaired) electrons. The van der Waals surface area contributed by atoms with E-state index in [1.807, 2.05) is 54.6 Å². The van der Waals surface area contributed by atoms with E-state index in [4.69, 9.17) is 22.1 Å². The summed E-state index contributed by atoms with van der Waals surface area (Å²) < 4.78 is 5.13. The Morgan fingerprint density at radius 2 is 1.63 bits per heavy atom. The molecule has 2 amide bonds. The van der Waals surface area contributed by atoms with Crippen LogP contribution in [0.15, 0.2) is 60.7 Å². The number of benzene rings is 2. The van der Waals surface area contributed by atoms with Gasteiger partial charge in [-0.2, -0.15) is 0 Å². The van der Waals surface area contributed by atoms with E-state index in [0.717, 1.165) is 16.7 Å². The molecule has 0 bridgehead atoms. The molecule has 3 rings (SSSR count). The molecule has 3 aromatic rings. The predicted molar refractivity (Wildman–Crippen MR) is 133 cm³/mol. The summed E-state index contributed by atoms with van der Waals surface area (Å²) in [5.41, 5.74) is 8.16. The Hall–Kier alpha value is -3.78. The number of hydrogen-bond donors (Lipinski definition) is 2. The average molecular weight is 495 g/mol. The second kappa shape index (κ2) is 12.1. The smallest absolute Gasteiger partial charge is 0.308 e. The van der Waals surface area contributed by atoms with Crippen molar-refractivity contribution in [3.63, 3.8) is 0 Å². The Kier molecular flexibility index (Phi) is 8.92. The van der Waals surface area contributed by atoms with Gasteiger partial charge in [0.2, 0.25) is 5.28 Å². The van der Waals surface area contributed by atoms with Crippen LogP contribution in [0.4, 0.5) is 0 Å². The first-order chi connectivity index (χ1) is 16.8. The van der Waals surface area contributed by atoms with Crippen LogP contribution < -0.4 is 11.1 Å². The van der Waals surface area contributed by atoms with Crippen LogP contribution in [-0.4, -0.2) is 40.4 Å². The highest BCUT2D eigenvalue weighted by molar-refractivity contribution is 6.28. The molecular formula is C26H27ClN4O4. The average Bonchev–Trinajstić information content (AvgIpc) is 2.84. The molecule has 0 spiro atoms. The molecule has 0 fully saturated rings. The SMILES string of the molecule is CCOC(=O)C(C)CC(Cc1ccc(-c2ccccc2)cc1)NC(=O)c1cc(C(N)=O)nc(Cl)n1. The highest BCUT2D eigenvalue weighted by atomic mass is 35.5. The molecule has 1 heterocycles. The van der Waals surface area contributed by atoms with Gasteiger partial charge in [-0.05, 0) is 48.1 Å². The maximum atomic E-state index is 13.0. The molecule has 2 aromatic carbocycles. The summed E-state index contributed by atoms with van der Waals surface area (Å²) in [6, 6.07) is 18.8. The number of esters is 1. The van der Waals surface area contributed by atoms with E-state index in [2.05, 4.69) is 15.3 Å². The molecular weight excluding hydrogens is 468 g/mol. The number of carbonyl (C=O) groups is 3. The zero-order valence-electron chi connectivity index (χ0n) is 19.5. The van der Waals surface area contributed by atoms with Crippen molar-refractivity contribution < 1.29 is 19.1 Å². The van der Waals surface area contributed by atoms with Gasteiger partial charge < -0.3 is 15.8 Å². The third-order valence-electron chi connectivity index (χ3n) is 5.39. The summed E-state index contributed by atoms with van der Waals surface area (Å²) in [5, 5.41) is 2.64. The molecule has 0 saturated carbocycles. The molecule has 2 unspecified atom stereocenters. The fourth-order valence-corrected chi connectivity index (χ4v) is 3.85. The lowest BCUT2D eigenvalue weighted by Crippen LogP contribution is -2.39. The van der Waals surface area contributed by atoms with E-state index in [1.165, 1.54) is 6.07 Å². The number of primary amides is 1. The van der Waals surface area contributed by atoms with Gasteiger partial charge in [0.05, 0.1) is 12.5 Å². The van der Waals surface area contributed by atoms with Gasteiger partial charge in [0.1, 0.15) is 11.4 Å². The lowest BCUT2D eigenvalue weighted by Gasteiger charge is -2.22. The summed E-state index contributed by atoms with van der Waals surface area (Å²) >= 11 is 5.86. The van der Waals surface area contributed by atoms with Gasteiger partial charge in [-0.15, -0.1) is 0 Å². The molecule has 1 aromatic heterocycles. The molecule has 0 aliphatic rings. The number of carbonyl (C=O) groups excluding carboxylic acids is 3. The van der Waals surface area contributed by atoms with Crippen LogP contribution in [-0.2, 0) is 16.0 Å². The maximum absolute atomic E-state index is 13.0. The minimum Gasteiger partial charge on any atom is -0.466 e. The third-order valence-corrected chi connectivity index (χ3v) is 5.56. The van der Waals surface area contributed by atoms with Gasteiger partial charge in [0.25, 0.3) is 11.8 Å². The van der Waals surface area contributed by atoms with Gasteiger partial charge in [-0.3, -0.25) is 14.4 Å². The number of nitrogens with two attached hydrogens (primary N) is 1. The normalized spacial score (nSPS) is 12.4. The number of ether oxygens (including phenoxy) is 1. The second-order valence-corrected chi connectivity index (χ2v) is 8.44. The topological polar surface area (TPSA) is 124 Å². The molecule has 3 N–H and O–H groups in total. The molecule has 0 aliphatic carbocycles. The number of halogens is 1. The van der Waals surface area contributed by atoms with Gasteiger partial charge in [0.15, 0.2) is 0 Å². The van der Waals surface area contributed by atoms with Crippen molar-refractivity contribution in [1.29, 1.82) is 0 Å². The Bertz CT molecular complexity index is 1190. The van der Waals surface area contributed by atoms with Crippen LogP contribution in [0.1, 0.15) is 46.8 Å². The minimum atomic E-state index is -0.825. The highest BCUT2D eigenvalue weighted by Gasteiger charge is 2.23. The fourth-order valence-electron chi connectivity index (χ4n) is 3.67. The largest absolute Gasteiger partial charge is 0.466 e. The molecule has 2 atom stereocenters. The molecule has 182 valence electrons. The lowest BCUT2D eigenvalue weighted by molar-refractivity contribution is -0.147. The number of amides is 2. The van der Waals surface area contributed by atoms with Crippen molar-refractivity contribution >= 4 is 29.4 Å². The number of nitrogens with zero attached hydrogens (tertiary/aromatic N) is 2. The first-order valence-electron chi connectivity index (χ1n) is 11.2. The Morgan fingerprint density at radius 3 is 2.26 bits per heavy atom. The molecule has 35 heavy (non-hydrogen) atoms. The van der Waals surface area contributed by atoms with Crippen LogP contribution in [0.2, 0.25) is 5.28 Å². The van der Waals surface area contributed by atoms with Crippen LogP contribution in [0.3, 0.4) is 0 Å². The summed E-state index contributed by atoms with van der Waals surface area (Å²) in [5.74, 6) is -2.17. The molecule has 0 aliphatic heterocycles. The molecule has 0 saturated heterocycles. The van der Waals surface area contributed by atoms with Crippen molar-refractivity contribution in [1.82, 2.24) is 15.3 Å². The lowest BCUT2D eigenvalue weighted by atomic mass is 9.94. The van der Waals surface area contributed by atoms with Gasteiger partial charge in [0, 0.05) is 12.1 Å². The van der Waals surface area contributed by atoms with Gasteiger partial charge in [-0.25, -0.2) is 9.97 Å². The van der Waals surface area contributed by atoms with Crippen molar-refractivity contribution in [3.8, 4) is 11.1 Å². The number of aromatic nitrogens is 2. The summed E-state index contributed by atoms with van der Waals surface area (Å²) in [6.45, 7) is 3.77. The summed E-state index contributed by atoms with van der Waals surface area (Å²) in [6.07, 6.45) is 0.804. The van der Waals surface area contributed by atoms with E-state index < -0.39 is 23.8 Å². The monoisotopic (exact) mass is 494 g/mol. The zero-order chi connectivity index (χ0) is 25.4.